The molecule has 0 amide bonds. The number of aliphatic hydroxyl groups excluding tert-OH is 1. The number of benzene rings is 2. The Balaban J connectivity index is 2.14. The van der Waals surface area contributed by atoms with E-state index in [2.05, 4.69) is 23.6 Å². The molecule has 3 nitrogen and oxygen atoms in total. The van der Waals surface area contributed by atoms with Crippen molar-refractivity contribution < 1.29 is 5.11 Å². The van der Waals surface area contributed by atoms with Crippen molar-refractivity contribution in [3.63, 3.8) is 0 Å². The topological polar surface area (TPSA) is 26.7 Å². The molecule has 1 unspecified atom stereocenters. The third kappa shape index (κ3) is 6.17. The van der Waals surface area contributed by atoms with Crippen LogP contribution >= 0.6 is 23.2 Å². The zero-order chi connectivity index (χ0) is 18.9. The van der Waals surface area contributed by atoms with Gasteiger partial charge in [0.1, 0.15) is 0 Å². The first kappa shape index (κ1) is 21.0. The molecule has 142 valence electrons. The molecule has 0 aliphatic rings. The minimum absolute atomic E-state index is 0.475. The van der Waals surface area contributed by atoms with Crippen LogP contribution in [0.5, 0.6) is 0 Å². The van der Waals surface area contributed by atoms with E-state index in [0.29, 0.717) is 16.6 Å². The first-order valence-corrected chi connectivity index (χ1v) is 9.96. The molecule has 0 radical (unpaired) electrons. The lowest BCUT2D eigenvalue weighted by molar-refractivity contribution is 0.182. The Morgan fingerprint density at radius 3 is 2.31 bits per heavy atom. The van der Waals surface area contributed by atoms with Crippen LogP contribution in [0, 0.1) is 0 Å². The maximum absolute atomic E-state index is 10.7. The summed E-state index contributed by atoms with van der Waals surface area (Å²) >= 11 is 12.6. The van der Waals surface area contributed by atoms with Crippen LogP contribution in [0.15, 0.2) is 48.5 Å². The number of aliphatic hydroxyl groups is 1. The van der Waals surface area contributed by atoms with Gasteiger partial charge in [0.05, 0.1) is 16.8 Å². The number of anilines is 1. The highest BCUT2D eigenvalue weighted by molar-refractivity contribution is 6.35. The SMILES string of the molecule is CCN(CC)CCCN(CC(O)c1ccccc1)c1cc(Cl)ccc1Cl. The summed E-state index contributed by atoms with van der Waals surface area (Å²) in [7, 11) is 0. The second-order valence-corrected chi connectivity index (χ2v) is 7.19. The lowest BCUT2D eigenvalue weighted by Crippen LogP contribution is -2.33. The lowest BCUT2D eigenvalue weighted by Gasteiger charge is -2.29. The molecule has 0 saturated heterocycles. The van der Waals surface area contributed by atoms with Gasteiger partial charge in [-0.05, 0) is 49.8 Å². The van der Waals surface area contributed by atoms with Crippen molar-refractivity contribution in [1.29, 1.82) is 0 Å². The van der Waals surface area contributed by atoms with Gasteiger partial charge >= 0.3 is 0 Å². The minimum atomic E-state index is -0.584. The molecule has 2 aromatic rings. The van der Waals surface area contributed by atoms with Crippen molar-refractivity contribution in [3.05, 3.63) is 64.1 Å². The predicted octanol–water partition coefficient (Wildman–Crippen LogP) is 5.27. The highest BCUT2D eigenvalue weighted by Gasteiger charge is 2.17. The summed E-state index contributed by atoms with van der Waals surface area (Å²) in [4.78, 5) is 4.53. The highest BCUT2D eigenvalue weighted by atomic mass is 35.5. The molecule has 2 rings (SSSR count). The standard InChI is InChI=1S/C21H28Cl2N2O/c1-3-24(4-2)13-8-14-25(20-15-18(22)11-12-19(20)23)16-21(26)17-9-6-5-7-10-17/h5-7,9-12,15,21,26H,3-4,8,13-14,16H2,1-2H3. The van der Waals surface area contributed by atoms with Gasteiger partial charge in [0.2, 0.25) is 0 Å². The van der Waals surface area contributed by atoms with Crippen LogP contribution < -0.4 is 4.90 Å². The van der Waals surface area contributed by atoms with E-state index in [1.54, 1.807) is 6.07 Å². The molecule has 26 heavy (non-hydrogen) atoms. The Morgan fingerprint density at radius 2 is 1.65 bits per heavy atom. The van der Waals surface area contributed by atoms with Crippen LogP contribution in [0.25, 0.3) is 0 Å². The molecular formula is C21H28Cl2N2O. The van der Waals surface area contributed by atoms with Crippen molar-refractivity contribution >= 4 is 28.9 Å². The Kier molecular flexibility index (Phi) is 8.73. The Bertz CT molecular complexity index is 662. The summed E-state index contributed by atoms with van der Waals surface area (Å²) in [6, 6.07) is 15.2. The Morgan fingerprint density at radius 1 is 0.962 bits per heavy atom. The molecule has 2 aromatic carbocycles. The smallest absolute Gasteiger partial charge is 0.0964 e. The Hall–Kier alpha value is -1.26. The van der Waals surface area contributed by atoms with E-state index in [9.17, 15) is 5.11 Å². The van der Waals surface area contributed by atoms with E-state index in [1.165, 1.54) is 0 Å². The van der Waals surface area contributed by atoms with Crippen molar-refractivity contribution in [3.8, 4) is 0 Å². The van der Waals surface area contributed by atoms with Gasteiger partial charge in [-0.3, -0.25) is 0 Å². The van der Waals surface area contributed by atoms with Crippen LogP contribution in [0.2, 0.25) is 10.0 Å². The summed E-state index contributed by atoms with van der Waals surface area (Å²) in [5, 5.41) is 12.0. The zero-order valence-electron chi connectivity index (χ0n) is 15.5. The van der Waals surface area contributed by atoms with Crippen LogP contribution in [0.1, 0.15) is 31.9 Å². The van der Waals surface area contributed by atoms with Crippen molar-refractivity contribution in [2.75, 3.05) is 37.6 Å². The first-order valence-electron chi connectivity index (χ1n) is 9.20. The molecule has 0 saturated carbocycles. The second-order valence-electron chi connectivity index (χ2n) is 6.35. The first-order chi connectivity index (χ1) is 12.5. The van der Waals surface area contributed by atoms with Crippen LogP contribution in [0.4, 0.5) is 5.69 Å². The largest absolute Gasteiger partial charge is 0.387 e. The van der Waals surface area contributed by atoms with E-state index >= 15 is 0 Å². The molecular weight excluding hydrogens is 367 g/mol. The molecule has 0 fully saturated rings. The molecule has 0 bridgehead atoms. The highest BCUT2D eigenvalue weighted by Crippen LogP contribution is 2.30. The fourth-order valence-electron chi connectivity index (χ4n) is 3.05. The molecule has 0 aliphatic heterocycles. The molecule has 0 spiro atoms. The second kappa shape index (κ2) is 10.8. The zero-order valence-corrected chi connectivity index (χ0v) is 17.0. The quantitative estimate of drug-likeness (QED) is 0.594. The molecule has 5 heteroatoms. The average molecular weight is 395 g/mol. The number of hydrogen-bond donors (Lipinski definition) is 1. The van der Waals surface area contributed by atoms with Gasteiger partial charge in [-0.1, -0.05) is 67.4 Å². The molecule has 1 N–H and O–H groups in total. The van der Waals surface area contributed by atoms with Gasteiger partial charge in [-0.15, -0.1) is 0 Å². The van der Waals surface area contributed by atoms with Gasteiger partial charge < -0.3 is 14.9 Å². The number of halogens is 2. The van der Waals surface area contributed by atoms with Gasteiger partial charge in [0, 0.05) is 18.1 Å². The summed E-state index contributed by atoms with van der Waals surface area (Å²) in [6.45, 7) is 8.73. The van der Waals surface area contributed by atoms with Crippen LogP contribution in [-0.4, -0.2) is 42.7 Å². The minimum Gasteiger partial charge on any atom is -0.387 e. The fourth-order valence-corrected chi connectivity index (χ4v) is 3.46. The summed E-state index contributed by atoms with van der Waals surface area (Å²) in [6.07, 6.45) is 0.408. The normalized spacial score (nSPS) is 12.4. The monoisotopic (exact) mass is 394 g/mol. The van der Waals surface area contributed by atoms with E-state index < -0.39 is 6.10 Å². The summed E-state index contributed by atoms with van der Waals surface area (Å²) < 4.78 is 0. The summed E-state index contributed by atoms with van der Waals surface area (Å²) in [5.41, 5.74) is 1.77. The lowest BCUT2D eigenvalue weighted by atomic mass is 10.1. The predicted molar refractivity (Wildman–Crippen MR) is 112 cm³/mol. The van der Waals surface area contributed by atoms with E-state index in [0.717, 1.165) is 43.9 Å². The maximum atomic E-state index is 10.7. The van der Waals surface area contributed by atoms with Gasteiger partial charge in [0.15, 0.2) is 0 Å². The molecule has 1 atom stereocenters. The van der Waals surface area contributed by atoms with E-state index in [4.69, 9.17) is 23.2 Å². The molecule has 0 aromatic heterocycles. The van der Waals surface area contributed by atoms with Gasteiger partial charge in [-0.2, -0.15) is 0 Å². The van der Waals surface area contributed by atoms with Gasteiger partial charge in [0.25, 0.3) is 0 Å². The summed E-state index contributed by atoms with van der Waals surface area (Å²) in [5.74, 6) is 0. The van der Waals surface area contributed by atoms with Crippen molar-refractivity contribution in [2.24, 2.45) is 0 Å². The van der Waals surface area contributed by atoms with Crippen molar-refractivity contribution in [2.45, 2.75) is 26.4 Å². The van der Waals surface area contributed by atoms with E-state index in [1.807, 2.05) is 42.5 Å². The number of nitrogens with zero attached hydrogens (tertiary/aromatic N) is 2. The molecule has 0 heterocycles. The number of hydrogen-bond acceptors (Lipinski definition) is 3. The van der Waals surface area contributed by atoms with Crippen molar-refractivity contribution in [1.82, 2.24) is 4.90 Å². The fraction of sp³-hybridized carbons (Fsp3) is 0.429. The van der Waals surface area contributed by atoms with Gasteiger partial charge in [-0.25, -0.2) is 0 Å². The molecule has 0 aliphatic carbocycles. The number of rotatable bonds is 10. The Labute approximate surface area is 167 Å². The third-order valence-corrected chi connectivity index (χ3v) is 5.18. The maximum Gasteiger partial charge on any atom is 0.0964 e. The third-order valence-electron chi connectivity index (χ3n) is 4.62. The van der Waals surface area contributed by atoms with Crippen LogP contribution in [0.3, 0.4) is 0 Å². The average Bonchev–Trinajstić information content (AvgIpc) is 2.67. The van der Waals surface area contributed by atoms with E-state index in [-0.39, 0.29) is 0 Å². The van der Waals surface area contributed by atoms with Crippen LogP contribution in [-0.2, 0) is 0 Å².